The van der Waals surface area contributed by atoms with Crippen molar-refractivity contribution < 1.29 is 19.1 Å². The smallest absolute Gasteiger partial charge is 0.259 e. The summed E-state index contributed by atoms with van der Waals surface area (Å²) < 4.78 is 13.6. The second-order valence-electron chi connectivity index (χ2n) is 6.09. The fourth-order valence-electron chi connectivity index (χ4n) is 3.77. The van der Waals surface area contributed by atoms with Gasteiger partial charge in [-0.2, -0.15) is 0 Å². The number of carboxylic acids is 1. The van der Waals surface area contributed by atoms with Crippen LogP contribution in [0.3, 0.4) is 0 Å². The van der Waals surface area contributed by atoms with E-state index < -0.39 is 5.97 Å². The van der Waals surface area contributed by atoms with E-state index in [1.54, 1.807) is 23.1 Å². The number of anilines is 1. The normalized spacial score (nSPS) is 21.7. The molecule has 4 nitrogen and oxygen atoms in total. The molecule has 2 aromatic rings. The van der Waals surface area contributed by atoms with Gasteiger partial charge in [-0.25, -0.2) is 4.39 Å². The molecule has 2 aliphatic rings. The summed E-state index contributed by atoms with van der Waals surface area (Å²) in [5, 5.41) is 11.3. The van der Waals surface area contributed by atoms with E-state index in [0.717, 1.165) is 5.56 Å². The standard InChI is InChI=1S/C18H14FNO3/c1-9-7-15-11-3-2-4-12(18(22)23)16(11)17(21)20(15)14-6-5-10(19)8-13(9)14/h2-6,8-9,15H,7H2,1H3,(H,22,23)/p-1. The molecule has 0 spiro atoms. The fourth-order valence-corrected chi connectivity index (χ4v) is 3.77. The Labute approximate surface area is 132 Å². The molecule has 0 aliphatic carbocycles. The van der Waals surface area contributed by atoms with E-state index >= 15 is 0 Å². The van der Waals surface area contributed by atoms with Gasteiger partial charge >= 0.3 is 0 Å². The van der Waals surface area contributed by atoms with Crippen LogP contribution in [0.4, 0.5) is 10.1 Å². The average molecular weight is 310 g/mol. The van der Waals surface area contributed by atoms with Crippen LogP contribution in [0.2, 0.25) is 0 Å². The molecule has 5 heteroatoms. The van der Waals surface area contributed by atoms with Crippen molar-refractivity contribution in [1.29, 1.82) is 0 Å². The van der Waals surface area contributed by atoms with Crippen LogP contribution in [-0.4, -0.2) is 11.9 Å². The second kappa shape index (κ2) is 4.65. The fraction of sp³-hybridized carbons (Fsp3) is 0.222. The highest BCUT2D eigenvalue weighted by Crippen LogP contribution is 2.50. The minimum atomic E-state index is -1.36. The Bertz CT molecular complexity index is 861. The van der Waals surface area contributed by atoms with Gasteiger partial charge in [0, 0.05) is 11.3 Å². The summed E-state index contributed by atoms with van der Waals surface area (Å²) in [5.74, 6) is -1.98. The van der Waals surface area contributed by atoms with Crippen molar-refractivity contribution in [2.45, 2.75) is 25.3 Å². The van der Waals surface area contributed by atoms with Crippen LogP contribution < -0.4 is 10.0 Å². The molecule has 2 unspecified atom stereocenters. The van der Waals surface area contributed by atoms with E-state index in [-0.39, 0.29) is 34.8 Å². The minimum absolute atomic E-state index is 0.0762. The zero-order chi connectivity index (χ0) is 16.3. The summed E-state index contributed by atoms with van der Waals surface area (Å²) in [6, 6.07) is 8.95. The van der Waals surface area contributed by atoms with Gasteiger partial charge in [-0.3, -0.25) is 4.79 Å². The van der Waals surface area contributed by atoms with Crippen molar-refractivity contribution in [3.05, 3.63) is 64.5 Å². The number of hydrogen-bond acceptors (Lipinski definition) is 3. The Morgan fingerprint density at radius 1 is 1.26 bits per heavy atom. The molecule has 0 saturated heterocycles. The molecule has 2 heterocycles. The number of rotatable bonds is 1. The maximum atomic E-state index is 13.6. The summed E-state index contributed by atoms with van der Waals surface area (Å²) in [6.07, 6.45) is 0.631. The van der Waals surface area contributed by atoms with Gasteiger partial charge in [0.25, 0.3) is 5.91 Å². The first-order valence-corrected chi connectivity index (χ1v) is 7.46. The van der Waals surface area contributed by atoms with Crippen LogP contribution in [0.1, 0.15) is 57.1 Å². The van der Waals surface area contributed by atoms with Crippen molar-refractivity contribution in [1.82, 2.24) is 0 Å². The topological polar surface area (TPSA) is 60.4 Å². The van der Waals surface area contributed by atoms with Gasteiger partial charge in [0.1, 0.15) is 5.82 Å². The Kier molecular flexibility index (Phi) is 2.82. The number of amides is 1. The summed E-state index contributed by atoms with van der Waals surface area (Å²) in [7, 11) is 0. The van der Waals surface area contributed by atoms with Crippen molar-refractivity contribution in [2.24, 2.45) is 0 Å². The Balaban J connectivity index is 1.94. The van der Waals surface area contributed by atoms with Crippen LogP contribution in [0, 0.1) is 5.82 Å². The highest BCUT2D eigenvalue weighted by atomic mass is 19.1. The van der Waals surface area contributed by atoms with Gasteiger partial charge in [-0.15, -0.1) is 0 Å². The highest BCUT2D eigenvalue weighted by Gasteiger charge is 2.43. The lowest BCUT2D eigenvalue weighted by atomic mass is 9.85. The first-order valence-electron chi connectivity index (χ1n) is 7.46. The maximum absolute atomic E-state index is 13.6. The molecule has 2 atom stereocenters. The number of halogens is 1. The number of hydrogen-bond donors (Lipinski definition) is 0. The van der Waals surface area contributed by atoms with Crippen molar-refractivity contribution in [3.8, 4) is 0 Å². The largest absolute Gasteiger partial charge is 0.545 e. The quantitative estimate of drug-likeness (QED) is 0.812. The summed E-state index contributed by atoms with van der Waals surface area (Å²) in [5.41, 5.74) is 2.25. The molecule has 116 valence electrons. The van der Waals surface area contributed by atoms with Crippen LogP contribution in [0.5, 0.6) is 0 Å². The zero-order valence-electron chi connectivity index (χ0n) is 12.4. The molecule has 0 fully saturated rings. The van der Waals surface area contributed by atoms with E-state index in [1.807, 2.05) is 6.92 Å². The number of aromatic carboxylic acids is 1. The van der Waals surface area contributed by atoms with Crippen molar-refractivity contribution >= 4 is 17.6 Å². The van der Waals surface area contributed by atoms with E-state index in [2.05, 4.69) is 0 Å². The van der Waals surface area contributed by atoms with Crippen molar-refractivity contribution in [2.75, 3.05) is 4.90 Å². The monoisotopic (exact) mass is 310 g/mol. The maximum Gasteiger partial charge on any atom is 0.259 e. The lowest BCUT2D eigenvalue weighted by Crippen LogP contribution is -2.33. The average Bonchev–Trinajstić information content (AvgIpc) is 2.81. The number of benzene rings is 2. The Morgan fingerprint density at radius 3 is 2.78 bits per heavy atom. The summed E-state index contributed by atoms with van der Waals surface area (Å²) >= 11 is 0. The molecule has 0 saturated carbocycles. The van der Waals surface area contributed by atoms with Gasteiger partial charge in [-0.1, -0.05) is 25.1 Å². The first-order chi connectivity index (χ1) is 11.0. The number of carbonyl (C=O) groups is 2. The van der Waals surface area contributed by atoms with E-state index in [9.17, 15) is 19.1 Å². The van der Waals surface area contributed by atoms with Crippen LogP contribution in [0.25, 0.3) is 0 Å². The molecule has 0 N–H and O–H groups in total. The van der Waals surface area contributed by atoms with E-state index in [1.165, 1.54) is 18.2 Å². The molecular formula is C18H13FNO3-. The minimum Gasteiger partial charge on any atom is -0.545 e. The second-order valence-corrected chi connectivity index (χ2v) is 6.09. The van der Waals surface area contributed by atoms with Gasteiger partial charge in [0.2, 0.25) is 0 Å². The molecule has 4 rings (SSSR count). The summed E-state index contributed by atoms with van der Waals surface area (Å²) in [6.45, 7) is 1.99. The molecule has 23 heavy (non-hydrogen) atoms. The number of carboxylic acid groups (broad SMARTS) is 1. The van der Waals surface area contributed by atoms with Crippen LogP contribution in [0.15, 0.2) is 36.4 Å². The molecular weight excluding hydrogens is 297 g/mol. The third kappa shape index (κ3) is 1.82. The number of fused-ring (bicyclic) bond motifs is 5. The van der Waals surface area contributed by atoms with Crippen molar-refractivity contribution in [3.63, 3.8) is 0 Å². The Hall–Kier alpha value is -2.69. The number of carbonyl (C=O) groups excluding carboxylic acids is 2. The Morgan fingerprint density at radius 2 is 2.04 bits per heavy atom. The van der Waals surface area contributed by atoms with Crippen LogP contribution in [-0.2, 0) is 0 Å². The molecule has 1 amide bonds. The molecule has 2 aromatic carbocycles. The van der Waals surface area contributed by atoms with Crippen LogP contribution >= 0.6 is 0 Å². The van der Waals surface area contributed by atoms with E-state index in [0.29, 0.717) is 17.7 Å². The van der Waals surface area contributed by atoms with E-state index in [4.69, 9.17) is 0 Å². The lowest BCUT2D eigenvalue weighted by molar-refractivity contribution is -0.255. The molecule has 2 aliphatic heterocycles. The SMILES string of the molecule is CC1CC2c3cccc(C(=O)[O-])c3C(=O)N2c2ccc(F)cc21. The van der Waals surface area contributed by atoms with Gasteiger partial charge in [0.05, 0.1) is 17.6 Å². The third-order valence-corrected chi connectivity index (χ3v) is 4.78. The lowest BCUT2D eigenvalue weighted by Gasteiger charge is -2.35. The molecule has 0 aromatic heterocycles. The zero-order valence-corrected chi connectivity index (χ0v) is 12.4. The van der Waals surface area contributed by atoms with Gasteiger partial charge < -0.3 is 14.8 Å². The van der Waals surface area contributed by atoms with Gasteiger partial charge in [-0.05, 0) is 41.7 Å². The predicted molar refractivity (Wildman–Crippen MR) is 79.8 cm³/mol. The summed E-state index contributed by atoms with van der Waals surface area (Å²) in [4.78, 5) is 25.8. The third-order valence-electron chi connectivity index (χ3n) is 4.78. The predicted octanol–water partition coefficient (Wildman–Crippen LogP) is 2.40. The number of nitrogens with zero attached hydrogens (tertiary/aromatic N) is 1. The molecule has 0 radical (unpaired) electrons. The molecule has 0 bridgehead atoms. The first kappa shape index (κ1) is 13.9. The van der Waals surface area contributed by atoms with Gasteiger partial charge in [0.15, 0.2) is 0 Å². The highest BCUT2D eigenvalue weighted by molar-refractivity contribution is 6.16.